The van der Waals surface area contributed by atoms with Gasteiger partial charge in [-0.25, -0.2) is 0 Å². The third kappa shape index (κ3) is 2.47. The molecule has 1 aliphatic rings. The molecule has 5 unspecified atom stereocenters. The van der Waals surface area contributed by atoms with E-state index in [0.29, 0.717) is 5.92 Å². The molecule has 14 heavy (non-hydrogen) atoms. The van der Waals surface area contributed by atoms with E-state index in [2.05, 4.69) is 13.8 Å². The number of hydrogen-bond donors (Lipinski definition) is 3. The predicted octanol–water partition coefficient (Wildman–Crippen LogP) is 0.848. The van der Waals surface area contributed by atoms with E-state index in [0.717, 1.165) is 25.7 Å². The SMILES string of the molecule is CCCCC(N)C1C(N)CC(C)C1O. The first kappa shape index (κ1) is 12.0. The van der Waals surface area contributed by atoms with Crippen molar-refractivity contribution in [3.05, 3.63) is 0 Å². The van der Waals surface area contributed by atoms with E-state index in [-0.39, 0.29) is 24.1 Å². The maximum absolute atomic E-state index is 9.94. The van der Waals surface area contributed by atoms with Crippen molar-refractivity contribution in [1.29, 1.82) is 0 Å². The standard InChI is InChI=1S/C11H24N2O/c1-3-4-5-8(12)10-9(13)6-7(2)11(10)14/h7-11,14H,3-6,12-13H2,1-2H3. The topological polar surface area (TPSA) is 72.3 Å². The van der Waals surface area contributed by atoms with E-state index in [1.165, 1.54) is 0 Å². The Morgan fingerprint density at radius 1 is 1.50 bits per heavy atom. The van der Waals surface area contributed by atoms with E-state index in [4.69, 9.17) is 11.5 Å². The van der Waals surface area contributed by atoms with Crippen molar-refractivity contribution in [2.45, 2.75) is 57.7 Å². The molecule has 1 aliphatic carbocycles. The maximum atomic E-state index is 9.94. The number of rotatable bonds is 4. The molecule has 0 radical (unpaired) electrons. The van der Waals surface area contributed by atoms with E-state index in [9.17, 15) is 5.11 Å². The van der Waals surface area contributed by atoms with Gasteiger partial charge in [-0.1, -0.05) is 26.7 Å². The van der Waals surface area contributed by atoms with Crippen molar-refractivity contribution in [1.82, 2.24) is 0 Å². The van der Waals surface area contributed by atoms with Gasteiger partial charge in [0.25, 0.3) is 0 Å². The molecule has 0 bridgehead atoms. The van der Waals surface area contributed by atoms with Gasteiger partial charge < -0.3 is 16.6 Å². The van der Waals surface area contributed by atoms with Gasteiger partial charge in [0.1, 0.15) is 0 Å². The van der Waals surface area contributed by atoms with E-state index < -0.39 is 0 Å². The molecule has 0 amide bonds. The van der Waals surface area contributed by atoms with Crippen molar-refractivity contribution in [3.63, 3.8) is 0 Å². The van der Waals surface area contributed by atoms with Crippen LogP contribution >= 0.6 is 0 Å². The van der Waals surface area contributed by atoms with Crippen LogP contribution in [0.1, 0.15) is 39.5 Å². The first-order chi connectivity index (χ1) is 6.57. The fourth-order valence-electron chi connectivity index (χ4n) is 2.56. The van der Waals surface area contributed by atoms with E-state index in [1.54, 1.807) is 0 Å². The van der Waals surface area contributed by atoms with Crippen LogP contribution in [0.2, 0.25) is 0 Å². The minimum Gasteiger partial charge on any atom is -0.392 e. The molecule has 0 saturated heterocycles. The van der Waals surface area contributed by atoms with Crippen molar-refractivity contribution < 1.29 is 5.11 Å². The first-order valence-electron chi connectivity index (χ1n) is 5.77. The van der Waals surface area contributed by atoms with Crippen LogP contribution in [0.25, 0.3) is 0 Å². The van der Waals surface area contributed by atoms with Crippen LogP contribution in [0.3, 0.4) is 0 Å². The summed E-state index contributed by atoms with van der Waals surface area (Å²) in [4.78, 5) is 0. The molecule has 3 nitrogen and oxygen atoms in total. The summed E-state index contributed by atoms with van der Waals surface area (Å²) >= 11 is 0. The molecule has 84 valence electrons. The van der Waals surface area contributed by atoms with Crippen LogP contribution in [0, 0.1) is 11.8 Å². The highest BCUT2D eigenvalue weighted by atomic mass is 16.3. The van der Waals surface area contributed by atoms with Gasteiger partial charge >= 0.3 is 0 Å². The second-order valence-corrected chi connectivity index (χ2v) is 4.75. The summed E-state index contributed by atoms with van der Waals surface area (Å²) in [5.41, 5.74) is 12.1. The molecule has 5 atom stereocenters. The molecule has 0 spiro atoms. The molecule has 5 N–H and O–H groups in total. The monoisotopic (exact) mass is 200 g/mol. The summed E-state index contributed by atoms with van der Waals surface area (Å²) in [7, 11) is 0. The summed E-state index contributed by atoms with van der Waals surface area (Å²) in [5, 5.41) is 9.94. The molecule has 1 saturated carbocycles. The third-order valence-electron chi connectivity index (χ3n) is 3.50. The van der Waals surface area contributed by atoms with Gasteiger partial charge in [0.2, 0.25) is 0 Å². The molecule has 0 aromatic heterocycles. The Balaban J connectivity index is 2.49. The number of aliphatic hydroxyl groups is 1. The number of aliphatic hydroxyl groups excluding tert-OH is 1. The Hall–Kier alpha value is -0.120. The van der Waals surface area contributed by atoms with Crippen molar-refractivity contribution in [3.8, 4) is 0 Å². The number of nitrogens with two attached hydrogens (primary N) is 2. The zero-order valence-corrected chi connectivity index (χ0v) is 9.32. The lowest BCUT2D eigenvalue weighted by atomic mass is 9.89. The average Bonchev–Trinajstić information content (AvgIpc) is 2.38. The van der Waals surface area contributed by atoms with Crippen LogP contribution in [0.4, 0.5) is 0 Å². The van der Waals surface area contributed by atoms with Crippen molar-refractivity contribution in [2.75, 3.05) is 0 Å². The lowest BCUT2D eigenvalue weighted by Crippen LogP contribution is -2.44. The maximum Gasteiger partial charge on any atom is 0.0624 e. The summed E-state index contributed by atoms with van der Waals surface area (Å²) in [5.74, 6) is 0.416. The Bertz CT molecular complexity index is 175. The second-order valence-electron chi connectivity index (χ2n) is 4.75. The molecular weight excluding hydrogens is 176 g/mol. The fraction of sp³-hybridized carbons (Fsp3) is 1.00. The summed E-state index contributed by atoms with van der Waals surface area (Å²) in [6.45, 7) is 4.21. The van der Waals surface area contributed by atoms with Gasteiger partial charge in [-0.15, -0.1) is 0 Å². The lowest BCUT2D eigenvalue weighted by Gasteiger charge is -2.26. The second kappa shape index (κ2) is 5.10. The van der Waals surface area contributed by atoms with E-state index >= 15 is 0 Å². The Morgan fingerprint density at radius 2 is 2.14 bits per heavy atom. The highest BCUT2D eigenvalue weighted by molar-refractivity contribution is 4.96. The van der Waals surface area contributed by atoms with Gasteiger partial charge in [0, 0.05) is 18.0 Å². The first-order valence-corrected chi connectivity index (χ1v) is 5.77. The molecular formula is C11H24N2O. The quantitative estimate of drug-likeness (QED) is 0.630. The minimum absolute atomic E-state index is 0.0740. The zero-order valence-electron chi connectivity index (χ0n) is 9.32. The van der Waals surface area contributed by atoms with Gasteiger partial charge in [-0.2, -0.15) is 0 Å². The van der Waals surface area contributed by atoms with Gasteiger partial charge in [-0.05, 0) is 18.8 Å². The molecule has 0 aromatic carbocycles. The van der Waals surface area contributed by atoms with Crippen LogP contribution in [-0.2, 0) is 0 Å². The normalized spacial score (nSPS) is 40.1. The van der Waals surface area contributed by atoms with Gasteiger partial charge in [0.05, 0.1) is 6.10 Å². The van der Waals surface area contributed by atoms with Crippen molar-refractivity contribution >= 4 is 0 Å². The Kier molecular flexibility index (Phi) is 4.35. The third-order valence-corrected chi connectivity index (χ3v) is 3.50. The highest BCUT2D eigenvalue weighted by Gasteiger charge is 2.40. The van der Waals surface area contributed by atoms with Crippen molar-refractivity contribution in [2.24, 2.45) is 23.3 Å². The summed E-state index contributed by atoms with van der Waals surface area (Å²) in [6, 6.07) is 0.164. The Labute approximate surface area is 86.9 Å². The van der Waals surface area contributed by atoms with Crippen LogP contribution in [-0.4, -0.2) is 23.3 Å². The predicted molar refractivity (Wildman–Crippen MR) is 58.8 cm³/mol. The molecule has 1 fully saturated rings. The molecule has 0 aliphatic heterocycles. The molecule has 1 rings (SSSR count). The molecule has 0 heterocycles. The summed E-state index contributed by atoms with van der Waals surface area (Å²) in [6.07, 6.45) is 3.88. The van der Waals surface area contributed by atoms with Crippen LogP contribution < -0.4 is 11.5 Å². The summed E-state index contributed by atoms with van der Waals surface area (Å²) < 4.78 is 0. The molecule has 0 aromatic rings. The largest absolute Gasteiger partial charge is 0.392 e. The van der Waals surface area contributed by atoms with Gasteiger partial charge in [0.15, 0.2) is 0 Å². The number of hydrogen-bond acceptors (Lipinski definition) is 3. The smallest absolute Gasteiger partial charge is 0.0624 e. The Morgan fingerprint density at radius 3 is 2.57 bits per heavy atom. The number of unbranched alkanes of at least 4 members (excludes halogenated alkanes) is 1. The zero-order chi connectivity index (χ0) is 10.7. The lowest BCUT2D eigenvalue weighted by molar-refractivity contribution is 0.0809. The minimum atomic E-state index is -0.295. The average molecular weight is 200 g/mol. The van der Waals surface area contributed by atoms with Crippen LogP contribution in [0.15, 0.2) is 0 Å². The molecule has 3 heteroatoms. The van der Waals surface area contributed by atoms with Crippen LogP contribution in [0.5, 0.6) is 0 Å². The fourth-order valence-corrected chi connectivity index (χ4v) is 2.56. The highest BCUT2D eigenvalue weighted by Crippen LogP contribution is 2.33. The van der Waals surface area contributed by atoms with Gasteiger partial charge in [-0.3, -0.25) is 0 Å². The van der Waals surface area contributed by atoms with E-state index in [1.807, 2.05) is 0 Å².